The lowest BCUT2D eigenvalue weighted by Crippen LogP contribution is -2.43. The zero-order chi connectivity index (χ0) is 12.8. The van der Waals surface area contributed by atoms with Gasteiger partial charge in [0, 0.05) is 38.4 Å². The zero-order valence-corrected chi connectivity index (χ0v) is 10.4. The molecule has 0 unspecified atom stereocenters. The first-order valence-corrected chi connectivity index (χ1v) is 6.27. The summed E-state index contributed by atoms with van der Waals surface area (Å²) in [5.41, 5.74) is 2.40. The molecule has 0 aromatic heterocycles. The number of benzene rings is 1. The van der Waals surface area contributed by atoms with Crippen LogP contribution in [0, 0.1) is 0 Å². The maximum absolute atomic E-state index is 10.3. The molecule has 0 bridgehead atoms. The molecule has 3 N–H and O–H groups in total. The Balaban J connectivity index is 1.86. The molecule has 0 aliphatic carbocycles. The number of nitrogens with one attached hydrogen (secondary N) is 2. The van der Waals surface area contributed by atoms with E-state index in [-0.39, 0.29) is 0 Å². The van der Waals surface area contributed by atoms with Crippen LogP contribution in [0.3, 0.4) is 0 Å². The van der Waals surface area contributed by atoms with Gasteiger partial charge in [-0.3, -0.25) is 0 Å². The largest absolute Gasteiger partial charge is 0.465 e. The summed E-state index contributed by atoms with van der Waals surface area (Å²) in [7, 11) is 0. The molecule has 1 heterocycles. The molecular formula is C13H19N3O2. The fourth-order valence-electron chi connectivity index (χ4n) is 2.11. The van der Waals surface area contributed by atoms with Gasteiger partial charge in [0.1, 0.15) is 0 Å². The van der Waals surface area contributed by atoms with Crippen molar-refractivity contribution in [1.29, 1.82) is 0 Å². The van der Waals surface area contributed by atoms with Crippen molar-refractivity contribution >= 4 is 11.8 Å². The van der Waals surface area contributed by atoms with Crippen LogP contribution in [0.15, 0.2) is 24.3 Å². The molecule has 0 atom stereocenters. The minimum absolute atomic E-state index is 0.461. The normalized spacial score (nSPS) is 15.4. The number of piperazine rings is 1. The summed E-state index contributed by atoms with van der Waals surface area (Å²) in [6.07, 6.45) is -0.235. The Hall–Kier alpha value is -1.75. The van der Waals surface area contributed by atoms with Crippen molar-refractivity contribution in [2.45, 2.75) is 6.42 Å². The highest BCUT2D eigenvalue weighted by atomic mass is 16.4. The van der Waals surface area contributed by atoms with Gasteiger partial charge in [-0.25, -0.2) is 4.79 Å². The van der Waals surface area contributed by atoms with E-state index in [1.54, 1.807) is 0 Å². The fourth-order valence-corrected chi connectivity index (χ4v) is 2.11. The van der Waals surface area contributed by atoms with Crippen molar-refractivity contribution in [2.24, 2.45) is 0 Å². The summed E-state index contributed by atoms with van der Waals surface area (Å²) in [5, 5.41) is 14.2. The lowest BCUT2D eigenvalue weighted by atomic mass is 10.1. The molecular weight excluding hydrogens is 230 g/mol. The predicted octanol–water partition coefficient (Wildman–Crippen LogP) is 0.906. The van der Waals surface area contributed by atoms with Crippen LogP contribution >= 0.6 is 0 Å². The molecule has 2 rings (SSSR count). The van der Waals surface area contributed by atoms with Crippen LogP contribution in [0.5, 0.6) is 0 Å². The van der Waals surface area contributed by atoms with Crippen molar-refractivity contribution in [3.05, 3.63) is 29.8 Å². The van der Waals surface area contributed by atoms with Gasteiger partial charge in [0.2, 0.25) is 0 Å². The maximum Gasteiger partial charge on any atom is 0.404 e. The van der Waals surface area contributed by atoms with Crippen LogP contribution in [0.1, 0.15) is 5.56 Å². The van der Waals surface area contributed by atoms with Crippen LogP contribution in [0.25, 0.3) is 0 Å². The van der Waals surface area contributed by atoms with Crippen LogP contribution in [-0.2, 0) is 6.42 Å². The summed E-state index contributed by atoms with van der Waals surface area (Å²) in [6, 6.07) is 8.37. The van der Waals surface area contributed by atoms with E-state index >= 15 is 0 Å². The fraction of sp³-hybridized carbons (Fsp3) is 0.462. The van der Waals surface area contributed by atoms with Crippen LogP contribution in [0.2, 0.25) is 0 Å². The second kappa shape index (κ2) is 6.26. The first kappa shape index (κ1) is 12.7. The minimum Gasteiger partial charge on any atom is -0.465 e. The summed E-state index contributed by atoms with van der Waals surface area (Å²) >= 11 is 0. The molecule has 1 aliphatic heterocycles. The molecule has 5 nitrogen and oxygen atoms in total. The second-order valence-electron chi connectivity index (χ2n) is 4.39. The van der Waals surface area contributed by atoms with Gasteiger partial charge in [0.25, 0.3) is 0 Å². The van der Waals surface area contributed by atoms with E-state index in [9.17, 15) is 4.79 Å². The van der Waals surface area contributed by atoms with E-state index < -0.39 is 6.09 Å². The van der Waals surface area contributed by atoms with E-state index in [4.69, 9.17) is 5.11 Å². The summed E-state index contributed by atoms with van der Waals surface area (Å²) in [5.74, 6) is 0. The topological polar surface area (TPSA) is 64.6 Å². The highest BCUT2D eigenvalue weighted by molar-refractivity contribution is 5.64. The van der Waals surface area contributed by atoms with E-state index in [2.05, 4.69) is 39.8 Å². The van der Waals surface area contributed by atoms with Crippen molar-refractivity contribution < 1.29 is 9.90 Å². The molecule has 0 radical (unpaired) electrons. The Bertz CT molecular complexity index is 386. The van der Waals surface area contributed by atoms with Gasteiger partial charge >= 0.3 is 6.09 Å². The number of hydrogen-bond acceptors (Lipinski definition) is 3. The molecule has 5 heteroatoms. The SMILES string of the molecule is O=C(O)NCCc1ccc(N2CCNCC2)cc1. The number of carboxylic acid groups (broad SMARTS) is 1. The highest BCUT2D eigenvalue weighted by Crippen LogP contribution is 2.15. The van der Waals surface area contributed by atoms with Gasteiger partial charge in [-0.2, -0.15) is 0 Å². The standard InChI is InChI=1S/C13H19N3O2/c17-13(18)15-6-5-11-1-3-12(4-2-11)16-9-7-14-8-10-16/h1-4,14-15H,5-10H2,(H,17,18). The van der Waals surface area contributed by atoms with E-state index in [0.717, 1.165) is 38.2 Å². The van der Waals surface area contributed by atoms with Gasteiger partial charge in [-0.15, -0.1) is 0 Å². The number of carbonyl (C=O) groups is 1. The van der Waals surface area contributed by atoms with Gasteiger partial charge in [-0.1, -0.05) is 12.1 Å². The molecule has 0 spiro atoms. The maximum atomic E-state index is 10.3. The third-order valence-corrected chi connectivity index (χ3v) is 3.11. The molecule has 1 aliphatic rings. The lowest BCUT2D eigenvalue weighted by Gasteiger charge is -2.29. The van der Waals surface area contributed by atoms with E-state index in [0.29, 0.717) is 6.54 Å². The van der Waals surface area contributed by atoms with Crippen LogP contribution < -0.4 is 15.5 Å². The first-order chi connectivity index (χ1) is 8.75. The Morgan fingerprint density at radius 3 is 2.56 bits per heavy atom. The van der Waals surface area contributed by atoms with Crippen LogP contribution in [0.4, 0.5) is 10.5 Å². The molecule has 1 saturated heterocycles. The zero-order valence-electron chi connectivity index (χ0n) is 10.4. The lowest BCUT2D eigenvalue weighted by molar-refractivity contribution is 0.194. The Morgan fingerprint density at radius 2 is 1.94 bits per heavy atom. The number of nitrogens with zero attached hydrogens (tertiary/aromatic N) is 1. The average Bonchev–Trinajstić information content (AvgIpc) is 2.40. The summed E-state index contributed by atoms with van der Waals surface area (Å²) < 4.78 is 0. The quantitative estimate of drug-likeness (QED) is 0.742. The van der Waals surface area contributed by atoms with Crippen LogP contribution in [-0.4, -0.2) is 43.9 Å². The summed E-state index contributed by atoms with van der Waals surface area (Å²) in [4.78, 5) is 12.7. The molecule has 1 aromatic rings. The number of hydrogen-bond donors (Lipinski definition) is 3. The third-order valence-electron chi connectivity index (χ3n) is 3.11. The predicted molar refractivity (Wildman–Crippen MR) is 71.3 cm³/mol. The molecule has 1 fully saturated rings. The Labute approximate surface area is 107 Å². The Morgan fingerprint density at radius 1 is 1.28 bits per heavy atom. The molecule has 1 amide bonds. The minimum atomic E-state index is -0.965. The van der Waals surface area contributed by atoms with Gasteiger partial charge < -0.3 is 20.6 Å². The monoisotopic (exact) mass is 249 g/mol. The van der Waals surface area contributed by atoms with Crippen molar-refractivity contribution in [1.82, 2.24) is 10.6 Å². The van der Waals surface area contributed by atoms with Crippen molar-refractivity contribution in [2.75, 3.05) is 37.6 Å². The van der Waals surface area contributed by atoms with Gasteiger partial charge in [0.15, 0.2) is 0 Å². The molecule has 1 aromatic carbocycles. The van der Waals surface area contributed by atoms with E-state index in [1.165, 1.54) is 5.69 Å². The smallest absolute Gasteiger partial charge is 0.404 e. The second-order valence-corrected chi connectivity index (χ2v) is 4.39. The Kier molecular flexibility index (Phi) is 4.41. The third kappa shape index (κ3) is 3.63. The van der Waals surface area contributed by atoms with Crippen molar-refractivity contribution in [3.8, 4) is 0 Å². The summed E-state index contributed by atoms with van der Waals surface area (Å²) in [6.45, 7) is 4.61. The van der Waals surface area contributed by atoms with Gasteiger partial charge in [-0.05, 0) is 24.1 Å². The number of rotatable bonds is 4. The van der Waals surface area contributed by atoms with Crippen molar-refractivity contribution in [3.63, 3.8) is 0 Å². The molecule has 18 heavy (non-hydrogen) atoms. The van der Waals surface area contributed by atoms with Gasteiger partial charge in [0.05, 0.1) is 0 Å². The number of amides is 1. The molecule has 0 saturated carbocycles. The first-order valence-electron chi connectivity index (χ1n) is 6.27. The highest BCUT2D eigenvalue weighted by Gasteiger charge is 2.09. The molecule has 98 valence electrons. The van der Waals surface area contributed by atoms with E-state index in [1.807, 2.05) is 0 Å². The number of anilines is 1. The average molecular weight is 249 g/mol.